The van der Waals surface area contributed by atoms with Gasteiger partial charge in [0.2, 0.25) is 5.91 Å². The average Bonchev–Trinajstić information content (AvgIpc) is 3.17. The Morgan fingerprint density at radius 3 is 2.73 bits per heavy atom. The van der Waals surface area contributed by atoms with Crippen LogP contribution in [0.15, 0.2) is 36.4 Å². The number of hydrogen-bond donors (Lipinski definition) is 2. The Morgan fingerprint density at radius 1 is 1.32 bits per heavy atom. The molecule has 0 saturated heterocycles. The molecule has 0 unspecified atom stereocenters. The van der Waals surface area contributed by atoms with Gasteiger partial charge in [-0.05, 0) is 37.0 Å². The van der Waals surface area contributed by atoms with E-state index in [1.165, 1.54) is 12.1 Å². The molecular formula is C18H22FNO2. The van der Waals surface area contributed by atoms with Crippen molar-refractivity contribution in [1.29, 1.82) is 0 Å². The molecule has 0 bridgehead atoms. The van der Waals surface area contributed by atoms with Gasteiger partial charge in [-0.15, -0.1) is 0 Å². The van der Waals surface area contributed by atoms with E-state index in [0.717, 1.165) is 37.7 Å². The number of aliphatic hydroxyl groups is 1. The molecule has 3 rings (SSSR count). The molecule has 0 heterocycles. The fourth-order valence-electron chi connectivity index (χ4n) is 3.74. The minimum atomic E-state index is -0.604. The van der Waals surface area contributed by atoms with Crippen LogP contribution in [0.5, 0.6) is 0 Å². The number of aliphatic hydroxyl groups excluding tert-OH is 1. The highest BCUT2D eigenvalue weighted by Crippen LogP contribution is 2.41. The molecule has 1 saturated carbocycles. The summed E-state index contributed by atoms with van der Waals surface area (Å²) in [5.41, 5.74) is 0.177. The zero-order valence-electron chi connectivity index (χ0n) is 12.6. The third-order valence-electron chi connectivity index (χ3n) is 4.99. The molecule has 1 aromatic carbocycles. The molecular weight excluding hydrogens is 281 g/mol. The summed E-state index contributed by atoms with van der Waals surface area (Å²) in [4.78, 5) is 12.9. The van der Waals surface area contributed by atoms with Gasteiger partial charge in [-0.2, -0.15) is 0 Å². The van der Waals surface area contributed by atoms with Crippen LogP contribution in [0.25, 0.3) is 0 Å². The van der Waals surface area contributed by atoms with Crippen molar-refractivity contribution in [3.63, 3.8) is 0 Å². The van der Waals surface area contributed by atoms with Crippen molar-refractivity contribution >= 4 is 5.91 Å². The quantitative estimate of drug-likeness (QED) is 0.840. The molecule has 2 aliphatic rings. The molecule has 1 aromatic rings. The summed E-state index contributed by atoms with van der Waals surface area (Å²) < 4.78 is 13.6. The number of halogens is 1. The zero-order valence-corrected chi connectivity index (χ0v) is 12.6. The lowest BCUT2D eigenvalue weighted by atomic mass is 9.77. The van der Waals surface area contributed by atoms with Crippen molar-refractivity contribution in [1.82, 2.24) is 5.32 Å². The van der Waals surface area contributed by atoms with Crippen molar-refractivity contribution in [2.24, 2.45) is 5.92 Å². The van der Waals surface area contributed by atoms with E-state index in [-0.39, 0.29) is 30.3 Å². The Morgan fingerprint density at radius 2 is 2.09 bits per heavy atom. The topological polar surface area (TPSA) is 49.3 Å². The summed E-state index contributed by atoms with van der Waals surface area (Å²) in [6.07, 6.45) is 8.15. The first-order valence-electron chi connectivity index (χ1n) is 8.00. The van der Waals surface area contributed by atoms with Crippen LogP contribution in [-0.4, -0.2) is 23.7 Å². The molecule has 0 radical (unpaired) electrons. The fourth-order valence-corrected chi connectivity index (χ4v) is 3.74. The van der Waals surface area contributed by atoms with E-state index in [2.05, 4.69) is 5.32 Å². The maximum absolute atomic E-state index is 13.6. The molecule has 0 aromatic heterocycles. The number of amides is 1. The van der Waals surface area contributed by atoms with Crippen LogP contribution in [0.2, 0.25) is 0 Å². The van der Waals surface area contributed by atoms with Gasteiger partial charge in [0.15, 0.2) is 0 Å². The second kappa shape index (κ2) is 6.21. The van der Waals surface area contributed by atoms with E-state index in [9.17, 15) is 14.3 Å². The first-order valence-corrected chi connectivity index (χ1v) is 8.00. The van der Waals surface area contributed by atoms with Gasteiger partial charge in [-0.1, -0.05) is 37.1 Å². The fraction of sp³-hybridized carbons (Fsp3) is 0.500. The monoisotopic (exact) mass is 303 g/mol. The number of benzene rings is 1. The molecule has 118 valence electrons. The summed E-state index contributed by atoms with van der Waals surface area (Å²) in [5.74, 6) is -0.180. The molecule has 1 amide bonds. The third kappa shape index (κ3) is 2.80. The molecule has 22 heavy (non-hydrogen) atoms. The summed E-state index contributed by atoms with van der Waals surface area (Å²) in [6.45, 7) is 0.109. The van der Waals surface area contributed by atoms with Crippen molar-refractivity contribution in [2.45, 2.75) is 43.6 Å². The summed E-state index contributed by atoms with van der Waals surface area (Å²) in [6, 6.07) is 6.40. The van der Waals surface area contributed by atoms with Crippen molar-refractivity contribution in [3.8, 4) is 0 Å². The third-order valence-corrected chi connectivity index (χ3v) is 4.99. The van der Waals surface area contributed by atoms with E-state index >= 15 is 0 Å². The van der Waals surface area contributed by atoms with E-state index in [4.69, 9.17) is 0 Å². The van der Waals surface area contributed by atoms with Crippen LogP contribution in [-0.2, 0) is 10.2 Å². The van der Waals surface area contributed by atoms with Crippen molar-refractivity contribution in [2.75, 3.05) is 6.61 Å². The van der Waals surface area contributed by atoms with E-state index in [0.29, 0.717) is 0 Å². The number of nitrogens with one attached hydrogen (secondary N) is 1. The Balaban J connectivity index is 1.79. The smallest absolute Gasteiger partial charge is 0.231 e. The number of rotatable bonds is 4. The predicted octanol–water partition coefficient (Wildman–Crippen LogP) is 2.69. The lowest BCUT2D eigenvalue weighted by Gasteiger charge is -2.30. The molecule has 0 spiro atoms. The second-order valence-electron chi connectivity index (χ2n) is 6.44. The molecule has 4 heteroatoms. The van der Waals surface area contributed by atoms with Gasteiger partial charge in [0.25, 0.3) is 0 Å². The maximum atomic E-state index is 13.6. The summed E-state index contributed by atoms with van der Waals surface area (Å²) in [7, 11) is 0. The van der Waals surface area contributed by atoms with Crippen LogP contribution in [0.4, 0.5) is 4.39 Å². The standard InChI is InChI=1S/C18H22FNO2/c19-15-5-3-4-14(11-15)18(8-1-2-9-18)17(22)20-16-7-6-13(10-16)12-21/h3-7,11,13,16,21H,1-2,8-10,12H2,(H,20,22)/t13-,16+/m0/s1. The minimum absolute atomic E-state index is 0.0103. The van der Waals surface area contributed by atoms with E-state index in [1.807, 2.05) is 18.2 Å². The lowest BCUT2D eigenvalue weighted by Crippen LogP contribution is -2.46. The molecule has 2 N–H and O–H groups in total. The molecule has 2 aliphatic carbocycles. The minimum Gasteiger partial charge on any atom is -0.396 e. The van der Waals surface area contributed by atoms with Crippen LogP contribution >= 0.6 is 0 Å². The van der Waals surface area contributed by atoms with Gasteiger partial charge < -0.3 is 10.4 Å². The van der Waals surface area contributed by atoms with Gasteiger partial charge in [0.1, 0.15) is 5.82 Å². The first-order chi connectivity index (χ1) is 10.6. The summed E-state index contributed by atoms with van der Waals surface area (Å²) >= 11 is 0. The Bertz CT molecular complexity index is 578. The number of hydrogen-bond acceptors (Lipinski definition) is 2. The molecule has 2 atom stereocenters. The molecule has 3 nitrogen and oxygen atoms in total. The summed E-state index contributed by atoms with van der Waals surface area (Å²) in [5, 5.41) is 12.3. The first kappa shape index (κ1) is 15.2. The second-order valence-corrected chi connectivity index (χ2v) is 6.44. The maximum Gasteiger partial charge on any atom is 0.231 e. The van der Waals surface area contributed by atoms with Crippen molar-refractivity contribution < 1.29 is 14.3 Å². The Labute approximate surface area is 130 Å². The van der Waals surface area contributed by atoms with Crippen molar-refractivity contribution in [3.05, 3.63) is 47.8 Å². The lowest BCUT2D eigenvalue weighted by molar-refractivity contribution is -0.127. The predicted molar refractivity (Wildman–Crippen MR) is 82.8 cm³/mol. The zero-order chi connectivity index (χ0) is 15.6. The van der Waals surface area contributed by atoms with Gasteiger partial charge in [-0.3, -0.25) is 4.79 Å². The average molecular weight is 303 g/mol. The Hall–Kier alpha value is -1.68. The van der Waals surface area contributed by atoms with Crippen LogP contribution in [0, 0.1) is 11.7 Å². The highest BCUT2D eigenvalue weighted by atomic mass is 19.1. The number of carbonyl (C=O) groups is 1. The SMILES string of the molecule is O=C(N[C@@H]1C=C[C@H](CO)C1)C1(c2cccc(F)c2)CCCC1. The van der Waals surface area contributed by atoms with Gasteiger partial charge in [0, 0.05) is 18.6 Å². The molecule has 1 fully saturated rings. The van der Waals surface area contributed by atoms with Crippen LogP contribution < -0.4 is 5.32 Å². The normalized spacial score (nSPS) is 26.3. The van der Waals surface area contributed by atoms with Gasteiger partial charge in [-0.25, -0.2) is 4.39 Å². The van der Waals surface area contributed by atoms with Crippen LogP contribution in [0.1, 0.15) is 37.7 Å². The van der Waals surface area contributed by atoms with Crippen LogP contribution in [0.3, 0.4) is 0 Å². The largest absolute Gasteiger partial charge is 0.396 e. The highest BCUT2D eigenvalue weighted by Gasteiger charge is 2.43. The van der Waals surface area contributed by atoms with E-state index in [1.54, 1.807) is 6.07 Å². The molecule has 0 aliphatic heterocycles. The number of carbonyl (C=O) groups excluding carboxylic acids is 1. The van der Waals surface area contributed by atoms with Gasteiger partial charge >= 0.3 is 0 Å². The van der Waals surface area contributed by atoms with E-state index < -0.39 is 5.41 Å². The highest BCUT2D eigenvalue weighted by molar-refractivity contribution is 5.89. The Kier molecular flexibility index (Phi) is 4.30. The van der Waals surface area contributed by atoms with Gasteiger partial charge in [0.05, 0.1) is 5.41 Å².